The maximum Gasteiger partial charge on any atom is 0.243 e. The van der Waals surface area contributed by atoms with Crippen LogP contribution in [0.4, 0.5) is 5.95 Å². The molecule has 0 saturated carbocycles. The number of aromatic nitrogens is 2. The van der Waals surface area contributed by atoms with Crippen molar-refractivity contribution >= 4 is 12.2 Å². The van der Waals surface area contributed by atoms with Crippen LogP contribution in [0.5, 0.6) is 0 Å². The van der Waals surface area contributed by atoms with Crippen molar-refractivity contribution in [1.29, 1.82) is 0 Å². The molecule has 0 spiro atoms. The van der Waals surface area contributed by atoms with Gasteiger partial charge >= 0.3 is 0 Å². The molecule has 0 aliphatic carbocycles. The molecule has 1 heterocycles. The molecular weight excluding hydrogens is 164 g/mol. The maximum atomic E-state index is 4.01. The summed E-state index contributed by atoms with van der Waals surface area (Å²) in [7, 11) is 0. The van der Waals surface area contributed by atoms with Crippen LogP contribution in [0.2, 0.25) is 0 Å². The van der Waals surface area contributed by atoms with Gasteiger partial charge in [0.1, 0.15) is 0 Å². The number of nitrogens with zero attached hydrogens (tertiary/aromatic N) is 3. The first-order chi connectivity index (χ1) is 6.33. The number of hydrogen-bond acceptors (Lipinski definition) is 4. The SMILES string of the molecule is CCC(C)/C=N/Nc1ncccn1. The van der Waals surface area contributed by atoms with Crippen molar-refractivity contribution in [2.75, 3.05) is 5.43 Å². The zero-order chi connectivity index (χ0) is 9.52. The van der Waals surface area contributed by atoms with Gasteiger partial charge in [-0.2, -0.15) is 5.10 Å². The second kappa shape index (κ2) is 5.24. The second-order valence-corrected chi connectivity index (χ2v) is 2.85. The number of hydrogen-bond donors (Lipinski definition) is 1. The molecule has 0 bridgehead atoms. The van der Waals surface area contributed by atoms with Gasteiger partial charge in [-0.15, -0.1) is 0 Å². The molecule has 1 rings (SSSR count). The van der Waals surface area contributed by atoms with Gasteiger partial charge in [-0.1, -0.05) is 13.8 Å². The van der Waals surface area contributed by atoms with Crippen LogP contribution in [0, 0.1) is 5.92 Å². The molecule has 0 radical (unpaired) electrons. The summed E-state index contributed by atoms with van der Waals surface area (Å²) in [5.74, 6) is 1.01. The van der Waals surface area contributed by atoms with Crippen LogP contribution in [0.15, 0.2) is 23.6 Å². The lowest BCUT2D eigenvalue weighted by Gasteiger charge is -1.99. The van der Waals surface area contributed by atoms with Crippen LogP contribution in [0.3, 0.4) is 0 Å². The van der Waals surface area contributed by atoms with Crippen molar-refractivity contribution in [1.82, 2.24) is 9.97 Å². The number of rotatable bonds is 4. The van der Waals surface area contributed by atoms with E-state index in [4.69, 9.17) is 0 Å². The molecule has 1 N–H and O–H groups in total. The molecule has 1 atom stereocenters. The Labute approximate surface area is 78.1 Å². The van der Waals surface area contributed by atoms with Crippen LogP contribution in [0.1, 0.15) is 20.3 Å². The van der Waals surface area contributed by atoms with E-state index in [0.29, 0.717) is 11.9 Å². The largest absolute Gasteiger partial charge is 0.246 e. The highest BCUT2D eigenvalue weighted by molar-refractivity contribution is 5.60. The summed E-state index contributed by atoms with van der Waals surface area (Å²) in [6.07, 6.45) is 6.29. The molecule has 0 saturated heterocycles. The van der Waals surface area contributed by atoms with Crippen molar-refractivity contribution in [3.63, 3.8) is 0 Å². The molecule has 0 fully saturated rings. The van der Waals surface area contributed by atoms with E-state index in [0.717, 1.165) is 6.42 Å². The van der Waals surface area contributed by atoms with Crippen molar-refractivity contribution in [2.24, 2.45) is 11.0 Å². The Balaban J connectivity index is 2.39. The molecule has 1 aromatic rings. The molecule has 13 heavy (non-hydrogen) atoms. The third-order valence-corrected chi connectivity index (χ3v) is 1.70. The zero-order valence-electron chi connectivity index (χ0n) is 7.94. The van der Waals surface area contributed by atoms with E-state index < -0.39 is 0 Å². The van der Waals surface area contributed by atoms with Crippen LogP contribution in [-0.4, -0.2) is 16.2 Å². The molecule has 4 heteroatoms. The van der Waals surface area contributed by atoms with Crippen molar-refractivity contribution in [3.05, 3.63) is 18.5 Å². The minimum absolute atomic E-state index is 0.483. The number of anilines is 1. The highest BCUT2D eigenvalue weighted by Crippen LogP contribution is 1.97. The van der Waals surface area contributed by atoms with Crippen LogP contribution >= 0.6 is 0 Å². The Morgan fingerprint density at radius 3 is 2.85 bits per heavy atom. The summed E-state index contributed by atoms with van der Waals surface area (Å²) >= 11 is 0. The zero-order valence-corrected chi connectivity index (χ0v) is 7.94. The minimum Gasteiger partial charge on any atom is -0.246 e. The Kier molecular flexibility index (Phi) is 3.88. The van der Waals surface area contributed by atoms with Crippen molar-refractivity contribution < 1.29 is 0 Å². The van der Waals surface area contributed by atoms with E-state index >= 15 is 0 Å². The minimum atomic E-state index is 0.483. The predicted molar refractivity (Wildman–Crippen MR) is 53.6 cm³/mol. The summed E-state index contributed by atoms with van der Waals surface area (Å²) in [4.78, 5) is 7.93. The van der Waals surface area contributed by atoms with Crippen LogP contribution < -0.4 is 5.43 Å². The molecule has 0 aliphatic heterocycles. The molecule has 1 unspecified atom stereocenters. The monoisotopic (exact) mass is 178 g/mol. The summed E-state index contributed by atoms with van der Waals surface area (Å²) in [6, 6.07) is 1.77. The molecule has 4 nitrogen and oxygen atoms in total. The summed E-state index contributed by atoms with van der Waals surface area (Å²) in [6.45, 7) is 4.23. The van der Waals surface area contributed by atoms with E-state index in [1.54, 1.807) is 18.5 Å². The molecule has 0 amide bonds. The third-order valence-electron chi connectivity index (χ3n) is 1.70. The van der Waals surface area contributed by atoms with Gasteiger partial charge in [-0.05, 0) is 18.4 Å². The highest BCUT2D eigenvalue weighted by atomic mass is 15.3. The quantitative estimate of drug-likeness (QED) is 0.566. The Hall–Kier alpha value is -1.45. The average Bonchev–Trinajstić information content (AvgIpc) is 2.19. The molecule has 70 valence electrons. The molecule has 0 aliphatic rings. The summed E-state index contributed by atoms with van der Waals surface area (Å²) in [5.41, 5.74) is 2.76. The van der Waals surface area contributed by atoms with Gasteiger partial charge in [-0.3, -0.25) is 0 Å². The first-order valence-electron chi connectivity index (χ1n) is 4.39. The van der Waals surface area contributed by atoms with Gasteiger partial charge in [0.2, 0.25) is 5.95 Å². The van der Waals surface area contributed by atoms with Gasteiger partial charge in [0.15, 0.2) is 0 Å². The molecule has 0 aromatic carbocycles. The van der Waals surface area contributed by atoms with Crippen molar-refractivity contribution in [3.8, 4) is 0 Å². The van der Waals surface area contributed by atoms with Gasteiger partial charge in [-0.25, -0.2) is 15.4 Å². The fourth-order valence-electron chi connectivity index (χ4n) is 0.684. The van der Waals surface area contributed by atoms with Gasteiger partial charge in [0.05, 0.1) is 0 Å². The molecular formula is C9H14N4. The van der Waals surface area contributed by atoms with Crippen LogP contribution in [0.25, 0.3) is 0 Å². The summed E-state index contributed by atoms with van der Waals surface area (Å²) in [5, 5.41) is 4.01. The topological polar surface area (TPSA) is 50.2 Å². The fraction of sp³-hybridized carbons (Fsp3) is 0.444. The lowest BCUT2D eigenvalue weighted by atomic mass is 10.1. The normalized spacial score (nSPS) is 13.1. The third kappa shape index (κ3) is 3.64. The maximum absolute atomic E-state index is 4.01. The average molecular weight is 178 g/mol. The lowest BCUT2D eigenvalue weighted by Crippen LogP contribution is -1.99. The molecule has 1 aromatic heterocycles. The predicted octanol–water partition coefficient (Wildman–Crippen LogP) is 1.92. The first-order valence-corrected chi connectivity index (χ1v) is 4.39. The Morgan fingerprint density at radius 2 is 2.23 bits per heavy atom. The Morgan fingerprint density at radius 1 is 1.54 bits per heavy atom. The van der Waals surface area contributed by atoms with E-state index in [1.807, 2.05) is 6.21 Å². The second-order valence-electron chi connectivity index (χ2n) is 2.85. The first kappa shape index (κ1) is 9.64. The summed E-state index contributed by atoms with van der Waals surface area (Å²) < 4.78 is 0. The van der Waals surface area contributed by atoms with Gasteiger partial charge in [0.25, 0.3) is 0 Å². The Bertz CT molecular complexity index is 258. The van der Waals surface area contributed by atoms with Crippen molar-refractivity contribution in [2.45, 2.75) is 20.3 Å². The van der Waals surface area contributed by atoms with E-state index in [1.165, 1.54) is 0 Å². The standard InChI is InChI=1S/C9H14N4/c1-3-8(2)7-12-13-9-10-5-4-6-11-9/h4-8H,3H2,1-2H3,(H,10,11,13)/b12-7+. The smallest absolute Gasteiger partial charge is 0.243 e. The fourth-order valence-corrected chi connectivity index (χ4v) is 0.684. The van der Waals surface area contributed by atoms with E-state index in [9.17, 15) is 0 Å². The van der Waals surface area contributed by atoms with Crippen LogP contribution in [-0.2, 0) is 0 Å². The number of hydrazone groups is 1. The van der Waals surface area contributed by atoms with E-state index in [2.05, 4.69) is 34.3 Å². The van der Waals surface area contributed by atoms with E-state index in [-0.39, 0.29) is 0 Å². The highest BCUT2D eigenvalue weighted by Gasteiger charge is 1.92. The van der Waals surface area contributed by atoms with Gasteiger partial charge < -0.3 is 0 Å². The lowest BCUT2D eigenvalue weighted by molar-refractivity contribution is 0.753. The number of nitrogens with one attached hydrogen (secondary N) is 1. The van der Waals surface area contributed by atoms with Gasteiger partial charge in [0, 0.05) is 18.6 Å².